The SMILES string of the molecule is O=C(Cn1cc(S(=O)(=O)N2CCCC2)ccc1=O)c1ccc(-c2cccc(C(F)(F)F)c2)cc1. The molecule has 1 aliphatic rings. The minimum Gasteiger partial charge on any atom is -0.306 e. The Morgan fingerprint density at radius 1 is 0.912 bits per heavy atom. The van der Waals surface area contributed by atoms with Crippen LogP contribution < -0.4 is 5.56 Å². The van der Waals surface area contributed by atoms with Crippen molar-refractivity contribution in [3.8, 4) is 11.1 Å². The van der Waals surface area contributed by atoms with Gasteiger partial charge in [-0.05, 0) is 42.2 Å². The second-order valence-electron chi connectivity index (χ2n) is 8.02. The van der Waals surface area contributed by atoms with E-state index in [2.05, 4.69) is 0 Å². The van der Waals surface area contributed by atoms with Gasteiger partial charge >= 0.3 is 6.18 Å². The molecular weight excluding hydrogens is 469 g/mol. The van der Waals surface area contributed by atoms with Crippen molar-refractivity contribution in [3.05, 3.63) is 88.3 Å². The Hall–Kier alpha value is -3.24. The van der Waals surface area contributed by atoms with Crippen molar-refractivity contribution in [1.82, 2.24) is 8.87 Å². The van der Waals surface area contributed by atoms with Gasteiger partial charge < -0.3 is 4.57 Å². The predicted octanol–water partition coefficient (Wildman–Crippen LogP) is 4.20. The summed E-state index contributed by atoms with van der Waals surface area (Å²) in [5, 5.41) is 0. The van der Waals surface area contributed by atoms with E-state index in [4.69, 9.17) is 0 Å². The maximum atomic E-state index is 13.0. The van der Waals surface area contributed by atoms with E-state index in [9.17, 15) is 31.2 Å². The van der Waals surface area contributed by atoms with Gasteiger partial charge in [-0.25, -0.2) is 8.42 Å². The van der Waals surface area contributed by atoms with Crippen LogP contribution in [0.4, 0.5) is 13.2 Å². The standard InChI is InChI=1S/C24H21F3N2O4S/c25-24(26,27)20-5-3-4-19(14-20)17-6-8-18(9-7-17)22(30)16-28-15-21(10-11-23(28)31)34(32,33)29-12-1-2-13-29/h3-11,14-15H,1-2,12-13,16H2. The number of rotatable bonds is 6. The number of alkyl halides is 3. The highest BCUT2D eigenvalue weighted by Gasteiger charge is 2.30. The molecule has 0 amide bonds. The van der Waals surface area contributed by atoms with Crippen molar-refractivity contribution < 1.29 is 26.4 Å². The molecule has 0 unspecified atom stereocenters. The minimum atomic E-state index is -4.46. The summed E-state index contributed by atoms with van der Waals surface area (Å²) in [5.41, 5.74) is -0.193. The normalized spacial score (nSPS) is 14.9. The Bertz CT molecular complexity index is 1370. The molecule has 1 aliphatic heterocycles. The topological polar surface area (TPSA) is 76.5 Å². The van der Waals surface area contributed by atoms with Crippen LogP contribution >= 0.6 is 0 Å². The zero-order valence-corrected chi connectivity index (χ0v) is 18.8. The van der Waals surface area contributed by atoms with Crippen LogP contribution in [0.25, 0.3) is 11.1 Å². The summed E-state index contributed by atoms with van der Waals surface area (Å²) in [6, 6.07) is 13.2. The van der Waals surface area contributed by atoms with Gasteiger partial charge in [0.15, 0.2) is 5.78 Å². The van der Waals surface area contributed by atoms with Crippen LogP contribution in [0.1, 0.15) is 28.8 Å². The number of aromatic nitrogens is 1. The molecule has 0 N–H and O–H groups in total. The van der Waals surface area contributed by atoms with Gasteiger partial charge in [-0.2, -0.15) is 17.5 Å². The maximum absolute atomic E-state index is 13.0. The van der Waals surface area contributed by atoms with Crippen LogP contribution in [0.15, 0.2) is 76.6 Å². The van der Waals surface area contributed by atoms with Crippen LogP contribution in [0.3, 0.4) is 0 Å². The van der Waals surface area contributed by atoms with Crippen molar-refractivity contribution >= 4 is 15.8 Å². The Labute approximate surface area is 194 Å². The predicted molar refractivity (Wildman–Crippen MR) is 120 cm³/mol. The van der Waals surface area contributed by atoms with Crippen molar-refractivity contribution in [2.24, 2.45) is 0 Å². The lowest BCUT2D eigenvalue weighted by Gasteiger charge is -2.16. The lowest BCUT2D eigenvalue weighted by Crippen LogP contribution is -2.30. The number of nitrogens with zero attached hydrogens (tertiary/aromatic N) is 2. The van der Waals surface area contributed by atoms with Gasteiger partial charge in [0.1, 0.15) is 0 Å². The van der Waals surface area contributed by atoms with E-state index in [-0.39, 0.29) is 17.0 Å². The van der Waals surface area contributed by atoms with E-state index in [0.717, 1.165) is 35.6 Å². The quantitative estimate of drug-likeness (QED) is 0.486. The summed E-state index contributed by atoms with van der Waals surface area (Å²) < 4.78 is 66.8. The molecule has 0 saturated carbocycles. The lowest BCUT2D eigenvalue weighted by atomic mass is 10.0. The molecule has 4 rings (SSSR count). The van der Waals surface area contributed by atoms with Gasteiger partial charge in [-0.1, -0.05) is 36.4 Å². The van der Waals surface area contributed by atoms with Crippen LogP contribution in [-0.2, 0) is 22.7 Å². The first-order chi connectivity index (χ1) is 16.1. The molecule has 2 aromatic carbocycles. The highest BCUT2D eigenvalue weighted by Crippen LogP contribution is 2.32. The summed E-state index contributed by atoms with van der Waals surface area (Å²) >= 11 is 0. The Balaban J connectivity index is 1.54. The fraction of sp³-hybridized carbons (Fsp3) is 0.250. The Morgan fingerprint density at radius 3 is 2.24 bits per heavy atom. The Kier molecular flexibility index (Phi) is 6.46. The molecule has 3 aromatic rings. The van der Waals surface area contributed by atoms with Crippen LogP contribution in [0.2, 0.25) is 0 Å². The second kappa shape index (κ2) is 9.19. The van der Waals surface area contributed by atoms with Gasteiger partial charge in [-0.15, -0.1) is 0 Å². The number of hydrogen-bond donors (Lipinski definition) is 0. The van der Waals surface area contributed by atoms with E-state index in [1.165, 1.54) is 53.0 Å². The molecule has 0 spiro atoms. The van der Waals surface area contributed by atoms with Gasteiger partial charge in [0.25, 0.3) is 5.56 Å². The van der Waals surface area contributed by atoms with Gasteiger partial charge in [-0.3, -0.25) is 9.59 Å². The fourth-order valence-corrected chi connectivity index (χ4v) is 5.37. The molecule has 34 heavy (non-hydrogen) atoms. The number of Topliss-reactive ketones (excluding diaryl/α,β-unsaturated/α-hetero) is 1. The van der Waals surface area contributed by atoms with Gasteiger partial charge in [0.05, 0.1) is 17.0 Å². The average Bonchev–Trinajstić information content (AvgIpc) is 3.36. The third kappa shape index (κ3) is 4.97. The van der Waals surface area contributed by atoms with Crippen LogP contribution in [0, 0.1) is 0 Å². The van der Waals surface area contributed by atoms with E-state index >= 15 is 0 Å². The number of carbonyl (C=O) groups excluding carboxylic acids is 1. The molecular formula is C24H21F3N2O4S. The number of sulfonamides is 1. The Morgan fingerprint density at radius 2 is 1.59 bits per heavy atom. The molecule has 0 aliphatic carbocycles. The van der Waals surface area contributed by atoms with Gasteiger partial charge in [0, 0.05) is 30.9 Å². The monoisotopic (exact) mass is 490 g/mol. The number of hydrogen-bond acceptors (Lipinski definition) is 4. The van der Waals surface area contributed by atoms with Crippen LogP contribution in [-0.4, -0.2) is 36.2 Å². The fourth-order valence-electron chi connectivity index (χ4n) is 3.83. The number of benzene rings is 2. The van der Waals surface area contributed by atoms with E-state index in [1.807, 2.05) is 0 Å². The first kappa shape index (κ1) is 23.9. The molecule has 1 saturated heterocycles. The number of ketones is 1. The summed E-state index contributed by atoms with van der Waals surface area (Å²) in [6.07, 6.45) is -1.75. The molecule has 0 radical (unpaired) electrons. The van der Waals surface area contributed by atoms with E-state index in [0.29, 0.717) is 24.2 Å². The van der Waals surface area contributed by atoms with Crippen molar-refractivity contribution in [3.63, 3.8) is 0 Å². The van der Waals surface area contributed by atoms with Crippen molar-refractivity contribution in [1.29, 1.82) is 0 Å². The smallest absolute Gasteiger partial charge is 0.306 e. The molecule has 178 valence electrons. The minimum absolute atomic E-state index is 0.0540. The highest BCUT2D eigenvalue weighted by atomic mass is 32.2. The largest absolute Gasteiger partial charge is 0.416 e. The number of pyridine rings is 1. The van der Waals surface area contributed by atoms with Crippen LogP contribution in [0.5, 0.6) is 0 Å². The van der Waals surface area contributed by atoms with Gasteiger partial charge in [0.2, 0.25) is 10.0 Å². The summed E-state index contributed by atoms with van der Waals surface area (Å²) in [5.74, 6) is -0.437. The lowest BCUT2D eigenvalue weighted by molar-refractivity contribution is -0.137. The number of carbonyl (C=O) groups is 1. The molecule has 1 aromatic heterocycles. The first-order valence-electron chi connectivity index (χ1n) is 10.6. The maximum Gasteiger partial charge on any atom is 0.416 e. The summed E-state index contributed by atoms with van der Waals surface area (Å²) in [4.78, 5) is 24.9. The third-order valence-corrected chi connectivity index (χ3v) is 7.59. The highest BCUT2D eigenvalue weighted by molar-refractivity contribution is 7.89. The van der Waals surface area contributed by atoms with Crippen molar-refractivity contribution in [2.75, 3.05) is 13.1 Å². The first-order valence-corrected chi connectivity index (χ1v) is 12.0. The van der Waals surface area contributed by atoms with E-state index in [1.54, 1.807) is 0 Å². The third-order valence-electron chi connectivity index (χ3n) is 5.70. The molecule has 0 atom stereocenters. The molecule has 1 fully saturated rings. The molecule has 6 nitrogen and oxygen atoms in total. The summed E-state index contributed by atoms with van der Waals surface area (Å²) in [7, 11) is -3.75. The molecule has 2 heterocycles. The zero-order valence-electron chi connectivity index (χ0n) is 18.0. The van der Waals surface area contributed by atoms with Crippen molar-refractivity contribution in [2.45, 2.75) is 30.5 Å². The second-order valence-corrected chi connectivity index (χ2v) is 9.96. The zero-order chi connectivity index (χ0) is 24.5. The average molecular weight is 491 g/mol. The molecule has 0 bridgehead atoms. The van der Waals surface area contributed by atoms with E-state index < -0.39 is 33.1 Å². The molecule has 10 heteroatoms. The summed E-state index contributed by atoms with van der Waals surface area (Å²) in [6.45, 7) is 0.461. The number of halogens is 3.